The van der Waals surface area contributed by atoms with Crippen LogP contribution in [0.5, 0.6) is 11.5 Å². The number of carbonyl (C=O) groups is 2. The molecule has 178 valence electrons. The average Bonchev–Trinajstić information content (AvgIpc) is 2.91. The minimum absolute atomic E-state index is 0.0228. The normalized spacial score (nSPS) is 11.7. The van der Waals surface area contributed by atoms with Gasteiger partial charge in [0.2, 0.25) is 0 Å². The van der Waals surface area contributed by atoms with Crippen molar-refractivity contribution >= 4 is 29.7 Å². The van der Waals surface area contributed by atoms with Crippen molar-refractivity contribution in [2.75, 3.05) is 14.2 Å². The van der Waals surface area contributed by atoms with Gasteiger partial charge in [-0.1, -0.05) is 60.7 Å². The summed E-state index contributed by atoms with van der Waals surface area (Å²) in [6.45, 7) is 1.76. The molecule has 0 unspecified atom stereocenters. The number of nitrogens with one attached hydrogen (secondary N) is 2. The van der Waals surface area contributed by atoms with Crippen LogP contribution < -0.4 is 20.2 Å². The Hall–Kier alpha value is -4.65. The number of allylic oxidation sites excluding steroid dienone is 1. The Bertz CT molecular complexity index is 1250. The van der Waals surface area contributed by atoms with E-state index < -0.39 is 11.8 Å². The van der Waals surface area contributed by atoms with Gasteiger partial charge in [0.25, 0.3) is 11.8 Å². The fourth-order valence-electron chi connectivity index (χ4n) is 3.07. The molecule has 0 fully saturated rings. The third-order valence-electron chi connectivity index (χ3n) is 4.90. The van der Waals surface area contributed by atoms with Crippen molar-refractivity contribution in [2.24, 2.45) is 5.10 Å². The summed E-state index contributed by atoms with van der Waals surface area (Å²) < 4.78 is 10.6. The van der Waals surface area contributed by atoms with E-state index >= 15 is 0 Å². The van der Waals surface area contributed by atoms with E-state index in [1.165, 1.54) is 7.11 Å². The lowest BCUT2D eigenvalue weighted by molar-refractivity contribution is -0.117. The second-order valence-electron chi connectivity index (χ2n) is 7.43. The van der Waals surface area contributed by atoms with E-state index in [1.807, 2.05) is 42.5 Å². The molecule has 0 saturated carbocycles. The summed E-state index contributed by atoms with van der Waals surface area (Å²) in [6, 6.07) is 23.6. The van der Waals surface area contributed by atoms with Gasteiger partial charge >= 0.3 is 0 Å². The number of methoxy groups -OCH3 is 2. The quantitative estimate of drug-likeness (QED) is 0.271. The molecule has 0 saturated heterocycles. The molecule has 2 N–H and O–H groups in total. The summed E-state index contributed by atoms with van der Waals surface area (Å²) in [5.41, 5.74) is 5.18. The van der Waals surface area contributed by atoms with Gasteiger partial charge in [-0.25, -0.2) is 5.43 Å². The number of benzene rings is 3. The molecule has 0 aliphatic heterocycles. The van der Waals surface area contributed by atoms with Crippen molar-refractivity contribution in [1.82, 2.24) is 10.7 Å². The second kappa shape index (κ2) is 12.6. The molecule has 3 rings (SSSR count). The Balaban J connectivity index is 1.84. The molecular formula is C28H27N3O4. The molecule has 7 heteroatoms. The topological polar surface area (TPSA) is 89.0 Å². The summed E-state index contributed by atoms with van der Waals surface area (Å²) in [7, 11) is 3.06. The molecule has 3 aromatic rings. The highest BCUT2D eigenvalue weighted by Crippen LogP contribution is 2.28. The lowest BCUT2D eigenvalue weighted by atomic mass is 10.1. The van der Waals surface area contributed by atoms with Crippen LogP contribution in [0.3, 0.4) is 0 Å². The Morgan fingerprint density at radius 1 is 0.829 bits per heavy atom. The largest absolute Gasteiger partial charge is 0.493 e. The SMILES string of the molecule is COc1ccc(C=C(NC(=O)c2ccccc2)C(=O)NN=C(C)C=Cc2ccccc2)cc1OC. The van der Waals surface area contributed by atoms with Crippen molar-refractivity contribution in [2.45, 2.75) is 6.92 Å². The van der Waals surface area contributed by atoms with Crippen molar-refractivity contribution in [3.63, 3.8) is 0 Å². The molecule has 0 radical (unpaired) electrons. The molecule has 0 aromatic heterocycles. The number of amides is 2. The number of hydrogen-bond donors (Lipinski definition) is 2. The Morgan fingerprint density at radius 2 is 1.49 bits per heavy atom. The summed E-state index contributed by atoms with van der Waals surface area (Å²) in [5.74, 6) is 0.0541. The van der Waals surface area contributed by atoms with Gasteiger partial charge in [0, 0.05) is 5.56 Å². The van der Waals surface area contributed by atoms with Gasteiger partial charge in [0.05, 0.1) is 19.9 Å². The minimum Gasteiger partial charge on any atom is -0.493 e. The highest BCUT2D eigenvalue weighted by Gasteiger charge is 2.15. The Kier molecular flexibility index (Phi) is 8.96. The highest BCUT2D eigenvalue weighted by molar-refractivity contribution is 6.06. The Morgan fingerprint density at radius 3 is 2.14 bits per heavy atom. The van der Waals surface area contributed by atoms with Crippen LogP contribution in [0.2, 0.25) is 0 Å². The first-order chi connectivity index (χ1) is 17.0. The first-order valence-corrected chi connectivity index (χ1v) is 10.9. The van der Waals surface area contributed by atoms with Crippen LogP contribution in [0.25, 0.3) is 12.2 Å². The number of hydrazone groups is 1. The van der Waals surface area contributed by atoms with E-state index in [1.54, 1.807) is 68.7 Å². The van der Waals surface area contributed by atoms with Crippen molar-refractivity contribution in [3.8, 4) is 11.5 Å². The number of rotatable bonds is 9. The zero-order valence-electron chi connectivity index (χ0n) is 19.8. The van der Waals surface area contributed by atoms with E-state index in [-0.39, 0.29) is 5.70 Å². The molecule has 3 aromatic carbocycles. The molecule has 0 aliphatic rings. The van der Waals surface area contributed by atoms with E-state index in [2.05, 4.69) is 15.8 Å². The molecular weight excluding hydrogens is 442 g/mol. The number of ether oxygens (including phenoxy) is 2. The van der Waals surface area contributed by atoms with Gasteiger partial charge in [-0.15, -0.1) is 0 Å². The van der Waals surface area contributed by atoms with Crippen LogP contribution in [-0.2, 0) is 4.79 Å². The molecule has 0 atom stereocenters. The van der Waals surface area contributed by atoms with Crippen molar-refractivity contribution < 1.29 is 19.1 Å². The van der Waals surface area contributed by atoms with Crippen LogP contribution in [0.1, 0.15) is 28.4 Å². The van der Waals surface area contributed by atoms with E-state index in [0.717, 1.165) is 5.56 Å². The van der Waals surface area contributed by atoms with E-state index in [4.69, 9.17) is 9.47 Å². The van der Waals surface area contributed by atoms with Gasteiger partial charge in [-0.3, -0.25) is 9.59 Å². The van der Waals surface area contributed by atoms with Gasteiger partial charge in [-0.2, -0.15) is 5.10 Å². The first-order valence-electron chi connectivity index (χ1n) is 10.9. The summed E-state index contributed by atoms with van der Waals surface area (Å²) >= 11 is 0. The molecule has 0 heterocycles. The maximum Gasteiger partial charge on any atom is 0.287 e. The second-order valence-corrected chi connectivity index (χ2v) is 7.43. The zero-order chi connectivity index (χ0) is 25.0. The predicted octanol–water partition coefficient (Wildman–Crippen LogP) is 4.68. The lowest BCUT2D eigenvalue weighted by Crippen LogP contribution is -2.33. The molecule has 0 aliphatic carbocycles. The summed E-state index contributed by atoms with van der Waals surface area (Å²) in [6.07, 6.45) is 5.22. The fourth-order valence-corrected chi connectivity index (χ4v) is 3.07. The molecule has 0 bridgehead atoms. The monoisotopic (exact) mass is 469 g/mol. The summed E-state index contributed by atoms with van der Waals surface area (Å²) in [4.78, 5) is 25.7. The third-order valence-corrected chi connectivity index (χ3v) is 4.90. The van der Waals surface area contributed by atoms with Gasteiger partial charge in [-0.05, 0) is 54.5 Å². The smallest absolute Gasteiger partial charge is 0.287 e. The zero-order valence-corrected chi connectivity index (χ0v) is 19.8. The van der Waals surface area contributed by atoms with E-state index in [9.17, 15) is 9.59 Å². The maximum absolute atomic E-state index is 13.0. The third kappa shape index (κ3) is 7.43. The van der Waals surface area contributed by atoms with Crippen molar-refractivity contribution in [3.05, 3.63) is 107 Å². The average molecular weight is 470 g/mol. The number of nitrogens with zero attached hydrogens (tertiary/aromatic N) is 1. The lowest BCUT2D eigenvalue weighted by Gasteiger charge is -2.11. The van der Waals surface area contributed by atoms with Gasteiger partial charge in [0.15, 0.2) is 11.5 Å². The fraction of sp³-hybridized carbons (Fsp3) is 0.107. The molecule has 35 heavy (non-hydrogen) atoms. The van der Waals surface area contributed by atoms with E-state index in [0.29, 0.717) is 28.3 Å². The number of carbonyl (C=O) groups excluding carboxylic acids is 2. The number of hydrogen-bond acceptors (Lipinski definition) is 5. The van der Waals surface area contributed by atoms with Crippen molar-refractivity contribution in [1.29, 1.82) is 0 Å². The van der Waals surface area contributed by atoms with Gasteiger partial charge < -0.3 is 14.8 Å². The van der Waals surface area contributed by atoms with Crippen LogP contribution in [0.15, 0.2) is 95.7 Å². The molecule has 0 spiro atoms. The van der Waals surface area contributed by atoms with Crippen LogP contribution in [0.4, 0.5) is 0 Å². The summed E-state index contributed by atoms with van der Waals surface area (Å²) in [5, 5.41) is 6.82. The van der Waals surface area contributed by atoms with Gasteiger partial charge in [0.1, 0.15) is 5.70 Å². The Labute approximate surface area is 204 Å². The van der Waals surface area contributed by atoms with Crippen LogP contribution >= 0.6 is 0 Å². The predicted molar refractivity (Wildman–Crippen MR) is 138 cm³/mol. The maximum atomic E-state index is 13.0. The first kappa shape index (κ1) is 25.0. The highest BCUT2D eigenvalue weighted by atomic mass is 16.5. The standard InChI is InChI=1S/C28H27N3O4/c1-20(14-15-21-10-6-4-7-11-21)30-31-28(33)24(29-27(32)23-12-8-5-9-13-23)18-22-16-17-25(34-2)26(19-22)35-3/h4-19H,1-3H3,(H,29,32)(H,31,33). The van der Waals surface area contributed by atoms with Crippen LogP contribution in [0, 0.1) is 0 Å². The molecule has 7 nitrogen and oxygen atoms in total. The molecule has 2 amide bonds. The minimum atomic E-state index is -0.573. The van der Waals surface area contributed by atoms with Crippen LogP contribution in [-0.4, -0.2) is 31.7 Å².